The maximum absolute atomic E-state index is 13.4. The Morgan fingerprint density at radius 1 is 1.04 bits per heavy atom. The highest BCUT2D eigenvalue weighted by atomic mass is 16.7. The van der Waals surface area contributed by atoms with Crippen LogP contribution in [-0.2, 0) is 6.54 Å². The molecule has 0 spiro atoms. The van der Waals surface area contributed by atoms with Gasteiger partial charge in [0.15, 0.2) is 17.3 Å². The molecule has 1 saturated carbocycles. The van der Waals surface area contributed by atoms with Gasteiger partial charge in [0.05, 0.1) is 0 Å². The van der Waals surface area contributed by atoms with Crippen LogP contribution in [0, 0.1) is 16.7 Å². The number of ether oxygens (including phenoxy) is 2. The smallest absolute Gasteiger partial charge is 0.231 e. The van der Waals surface area contributed by atoms with E-state index in [9.17, 15) is 4.79 Å². The minimum atomic E-state index is 0.0324. The molecule has 0 atom stereocenters. The van der Waals surface area contributed by atoms with E-state index in [4.69, 9.17) is 9.47 Å². The van der Waals surface area contributed by atoms with E-state index in [2.05, 4.69) is 50.5 Å². The lowest BCUT2D eigenvalue weighted by atomic mass is 10.0. The number of carbonyl (C=O) groups is 1. The normalized spacial score (nSPS) is 19.1. The van der Waals surface area contributed by atoms with E-state index in [1.54, 1.807) is 0 Å². The van der Waals surface area contributed by atoms with E-state index in [0.717, 1.165) is 33.5 Å². The molecular weight excluding hydrogens is 350 g/mol. The van der Waals surface area contributed by atoms with Crippen LogP contribution in [0.25, 0.3) is 10.9 Å². The monoisotopic (exact) mass is 375 g/mol. The number of nitrogens with zero attached hydrogens (tertiary/aromatic N) is 1. The second-order valence-electron chi connectivity index (χ2n) is 9.12. The van der Waals surface area contributed by atoms with E-state index in [0.29, 0.717) is 6.54 Å². The fraction of sp³-hybridized carbons (Fsp3) is 0.375. The lowest BCUT2D eigenvalue weighted by Gasteiger charge is -2.06. The number of hydrogen-bond donors (Lipinski definition) is 0. The van der Waals surface area contributed by atoms with Gasteiger partial charge in [0.25, 0.3) is 0 Å². The van der Waals surface area contributed by atoms with E-state index in [-0.39, 0.29) is 29.3 Å². The Balaban J connectivity index is 1.54. The first-order valence-electron chi connectivity index (χ1n) is 9.81. The first kappa shape index (κ1) is 17.4. The summed E-state index contributed by atoms with van der Waals surface area (Å²) in [7, 11) is 0. The van der Waals surface area contributed by atoms with Crippen LogP contribution in [0.3, 0.4) is 0 Å². The SMILES string of the molecule is CC1(C)C(C(=O)c2cn(Cc3ccc4c(c3)OCO4)c3ccccc23)C1(C)C. The Kier molecular flexibility index (Phi) is 3.49. The number of para-hydroxylation sites is 1. The highest BCUT2D eigenvalue weighted by Gasteiger charge is 2.68. The Bertz CT molecular complexity index is 1090. The molecule has 0 amide bonds. The predicted octanol–water partition coefficient (Wildman–Crippen LogP) is 5.28. The van der Waals surface area contributed by atoms with Crippen molar-refractivity contribution in [2.24, 2.45) is 16.7 Å². The molecule has 0 saturated heterocycles. The molecule has 28 heavy (non-hydrogen) atoms. The molecule has 3 aromatic rings. The minimum absolute atomic E-state index is 0.0324. The Morgan fingerprint density at radius 3 is 2.50 bits per heavy atom. The highest BCUT2D eigenvalue weighted by Crippen LogP contribution is 2.69. The number of hydrogen-bond acceptors (Lipinski definition) is 3. The van der Waals surface area contributed by atoms with Gasteiger partial charge in [0, 0.05) is 35.1 Å². The van der Waals surface area contributed by atoms with Gasteiger partial charge in [-0.15, -0.1) is 0 Å². The quantitative estimate of drug-likeness (QED) is 0.582. The Morgan fingerprint density at radius 2 is 1.75 bits per heavy atom. The van der Waals surface area contributed by atoms with Gasteiger partial charge in [-0.25, -0.2) is 0 Å². The molecule has 1 aliphatic heterocycles. The molecule has 5 rings (SSSR count). The van der Waals surface area contributed by atoms with E-state index < -0.39 is 0 Å². The van der Waals surface area contributed by atoms with Gasteiger partial charge in [-0.2, -0.15) is 0 Å². The molecular formula is C24H25NO3. The third-order valence-electron chi connectivity index (χ3n) is 7.13. The largest absolute Gasteiger partial charge is 0.454 e. The lowest BCUT2D eigenvalue weighted by molar-refractivity contribution is 0.0946. The molecule has 1 aliphatic carbocycles. The first-order valence-corrected chi connectivity index (χ1v) is 9.81. The molecule has 0 N–H and O–H groups in total. The van der Waals surface area contributed by atoms with Crippen LogP contribution in [0.2, 0.25) is 0 Å². The second kappa shape index (κ2) is 5.63. The van der Waals surface area contributed by atoms with Gasteiger partial charge in [-0.1, -0.05) is 52.0 Å². The second-order valence-corrected chi connectivity index (χ2v) is 9.12. The van der Waals surface area contributed by atoms with Crippen molar-refractivity contribution in [1.82, 2.24) is 4.57 Å². The average molecular weight is 375 g/mol. The van der Waals surface area contributed by atoms with Gasteiger partial charge in [-0.05, 0) is 34.6 Å². The zero-order valence-corrected chi connectivity index (χ0v) is 16.8. The maximum atomic E-state index is 13.4. The number of aromatic nitrogens is 1. The number of Topliss-reactive ketones (excluding diaryl/α,β-unsaturated/α-hetero) is 1. The fourth-order valence-electron chi connectivity index (χ4n) is 4.82. The Labute approximate surface area is 165 Å². The number of fused-ring (bicyclic) bond motifs is 2. The molecule has 1 fully saturated rings. The first-order chi connectivity index (χ1) is 13.3. The zero-order chi connectivity index (χ0) is 19.7. The summed E-state index contributed by atoms with van der Waals surface area (Å²) in [6.45, 7) is 9.74. The molecule has 0 bridgehead atoms. The van der Waals surface area contributed by atoms with E-state index in [1.165, 1.54) is 0 Å². The average Bonchev–Trinajstić information content (AvgIpc) is 3.08. The summed E-state index contributed by atoms with van der Waals surface area (Å²) in [4.78, 5) is 13.4. The van der Waals surface area contributed by atoms with E-state index >= 15 is 0 Å². The van der Waals surface area contributed by atoms with Crippen molar-refractivity contribution in [3.05, 3.63) is 59.8 Å². The summed E-state index contributed by atoms with van der Waals surface area (Å²) in [5, 5.41) is 1.03. The molecule has 0 radical (unpaired) electrons. The van der Waals surface area contributed by atoms with Crippen LogP contribution < -0.4 is 9.47 Å². The van der Waals surface area contributed by atoms with Gasteiger partial charge >= 0.3 is 0 Å². The summed E-state index contributed by atoms with van der Waals surface area (Å²) < 4.78 is 13.1. The summed E-state index contributed by atoms with van der Waals surface area (Å²) >= 11 is 0. The van der Waals surface area contributed by atoms with Crippen molar-refractivity contribution in [3.63, 3.8) is 0 Å². The van der Waals surface area contributed by atoms with Crippen molar-refractivity contribution >= 4 is 16.7 Å². The molecule has 2 aliphatic rings. The van der Waals surface area contributed by atoms with Gasteiger partial charge in [0.1, 0.15) is 0 Å². The molecule has 1 aromatic heterocycles. The third kappa shape index (κ3) is 2.33. The molecule has 2 heterocycles. The molecule has 4 nitrogen and oxygen atoms in total. The fourth-order valence-corrected chi connectivity index (χ4v) is 4.82. The third-order valence-corrected chi connectivity index (χ3v) is 7.13. The summed E-state index contributed by atoms with van der Waals surface area (Å²) in [6.07, 6.45) is 2.03. The van der Waals surface area contributed by atoms with Crippen molar-refractivity contribution < 1.29 is 14.3 Å². The lowest BCUT2D eigenvalue weighted by Crippen LogP contribution is -2.07. The maximum Gasteiger partial charge on any atom is 0.231 e. The molecule has 144 valence electrons. The van der Waals surface area contributed by atoms with Crippen LogP contribution in [0.15, 0.2) is 48.7 Å². The van der Waals surface area contributed by atoms with Crippen LogP contribution in [0.1, 0.15) is 43.6 Å². The van der Waals surface area contributed by atoms with Crippen LogP contribution in [-0.4, -0.2) is 17.1 Å². The van der Waals surface area contributed by atoms with Crippen LogP contribution >= 0.6 is 0 Å². The topological polar surface area (TPSA) is 40.5 Å². The highest BCUT2D eigenvalue weighted by molar-refractivity contribution is 6.11. The van der Waals surface area contributed by atoms with Crippen LogP contribution in [0.4, 0.5) is 0 Å². The standard InChI is InChI=1S/C24H25NO3/c1-23(2)22(24(23,3)4)21(26)17-13-25(18-8-6-5-7-16(17)18)12-15-9-10-19-20(11-15)28-14-27-19/h5-11,13,22H,12,14H2,1-4H3. The number of benzene rings is 2. The summed E-state index contributed by atoms with van der Waals surface area (Å²) in [5.74, 6) is 1.89. The van der Waals surface area contributed by atoms with Crippen LogP contribution in [0.5, 0.6) is 11.5 Å². The molecule has 0 unspecified atom stereocenters. The molecule has 2 aromatic carbocycles. The minimum Gasteiger partial charge on any atom is -0.454 e. The number of rotatable bonds is 4. The number of ketones is 1. The van der Waals surface area contributed by atoms with Crippen molar-refractivity contribution in [2.45, 2.75) is 34.2 Å². The Hall–Kier alpha value is -2.75. The van der Waals surface area contributed by atoms with Gasteiger partial charge in [-0.3, -0.25) is 4.79 Å². The van der Waals surface area contributed by atoms with Gasteiger partial charge < -0.3 is 14.0 Å². The summed E-state index contributed by atoms with van der Waals surface area (Å²) in [6, 6.07) is 14.2. The van der Waals surface area contributed by atoms with Crippen molar-refractivity contribution in [2.75, 3.05) is 6.79 Å². The number of carbonyl (C=O) groups excluding carboxylic acids is 1. The van der Waals surface area contributed by atoms with Crippen molar-refractivity contribution in [3.8, 4) is 11.5 Å². The zero-order valence-electron chi connectivity index (χ0n) is 16.8. The molecule has 4 heteroatoms. The van der Waals surface area contributed by atoms with Crippen molar-refractivity contribution in [1.29, 1.82) is 0 Å². The van der Waals surface area contributed by atoms with E-state index in [1.807, 2.05) is 30.5 Å². The summed E-state index contributed by atoms with van der Waals surface area (Å²) in [5.41, 5.74) is 3.10. The predicted molar refractivity (Wildman–Crippen MR) is 109 cm³/mol. The van der Waals surface area contributed by atoms with Gasteiger partial charge in [0.2, 0.25) is 6.79 Å².